The van der Waals surface area contributed by atoms with Crippen LogP contribution in [0.5, 0.6) is 0 Å². The molecule has 0 fully saturated rings. The van der Waals surface area contributed by atoms with Crippen molar-refractivity contribution < 1.29 is 0 Å². The second-order valence-electron chi connectivity index (χ2n) is 4.87. The summed E-state index contributed by atoms with van der Waals surface area (Å²) in [7, 11) is 0. The first kappa shape index (κ1) is 13.7. The SMILES string of the molecule is CCc1nc(CC)n(-c2ccccc2CC(C)N)n1. The van der Waals surface area contributed by atoms with Crippen molar-refractivity contribution in [1.82, 2.24) is 14.8 Å². The predicted molar refractivity (Wildman–Crippen MR) is 77.5 cm³/mol. The quantitative estimate of drug-likeness (QED) is 0.895. The molecule has 0 radical (unpaired) electrons. The van der Waals surface area contributed by atoms with Crippen molar-refractivity contribution in [2.45, 2.75) is 46.1 Å². The van der Waals surface area contributed by atoms with Gasteiger partial charge in [-0.3, -0.25) is 0 Å². The van der Waals surface area contributed by atoms with Gasteiger partial charge in [-0.25, -0.2) is 9.67 Å². The van der Waals surface area contributed by atoms with Gasteiger partial charge in [0.2, 0.25) is 0 Å². The Morgan fingerprint density at radius 1 is 1.21 bits per heavy atom. The highest BCUT2D eigenvalue weighted by atomic mass is 15.3. The smallest absolute Gasteiger partial charge is 0.151 e. The number of aryl methyl sites for hydroxylation is 2. The van der Waals surface area contributed by atoms with E-state index in [2.05, 4.69) is 36.1 Å². The lowest BCUT2D eigenvalue weighted by atomic mass is 10.1. The van der Waals surface area contributed by atoms with E-state index in [-0.39, 0.29) is 6.04 Å². The summed E-state index contributed by atoms with van der Waals surface area (Å²) in [6.45, 7) is 6.21. The van der Waals surface area contributed by atoms with Crippen LogP contribution in [-0.2, 0) is 19.3 Å². The maximum atomic E-state index is 5.93. The molecule has 0 saturated heterocycles. The molecule has 0 aliphatic heterocycles. The number of nitrogens with zero attached hydrogens (tertiary/aromatic N) is 3. The van der Waals surface area contributed by atoms with E-state index >= 15 is 0 Å². The van der Waals surface area contributed by atoms with Crippen molar-refractivity contribution >= 4 is 0 Å². The first-order valence-electron chi connectivity index (χ1n) is 6.94. The number of para-hydroxylation sites is 1. The van der Waals surface area contributed by atoms with E-state index in [1.54, 1.807) is 0 Å². The Kier molecular flexibility index (Phi) is 4.32. The van der Waals surface area contributed by atoms with Gasteiger partial charge in [0, 0.05) is 18.9 Å². The summed E-state index contributed by atoms with van der Waals surface area (Å²) in [4.78, 5) is 4.56. The van der Waals surface area contributed by atoms with Gasteiger partial charge in [-0.2, -0.15) is 5.10 Å². The number of benzene rings is 1. The Morgan fingerprint density at radius 3 is 2.58 bits per heavy atom. The topological polar surface area (TPSA) is 56.7 Å². The standard InChI is InChI=1S/C15H22N4/c1-4-14-17-15(5-2)19(18-14)13-9-7-6-8-12(13)10-11(3)16/h6-9,11H,4-5,10,16H2,1-3H3. The van der Waals surface area contributed by atoms with Crippen LogP contribution in [0.3, 0.4) is 0 Å². The van der Waals surface area contributed by atoms with Gasteiger partial charge in [0.05, 0.1) is 5.69 Å². The van der Waals surface area contributed by atoms with Crippen LogP contribution in [0.15, 0.2) is 24.3 Å². The fourth-order valence-corrected chi connectivity index (χ4v) is 2.20. The summed E-state index contributed by atoms with van der Waals surface area (Å²) < 4.78 is 1.97. The van der Waals surface area contributed by atoms with Crippen LogP contribution in [0.25, 0.3) is 5.69 Å². The van der Waals surface area contributed by atoms with Crippen molar-refractivity contribution in [2.75, 3.05) is 0 Å². The Balaban J connectivity index is 2.48. The van der Waals surface area contributed by atoms with Gasteiger partial charge in [-0.1, -0.05) is 32.0 Å². The van der Waals surface area contributed by atoms with Gasteiger partial charge in [-0.05, 0) is 25.0 Å². The molecule has 4 nitrogen and oxygen atoms in total. The number of rotatable bonds is 5. The highest BCUT2D eigenvalue weighted by Gasteiger charge is 2.12. The molecule has 1 heterocycles. The molecular formula is C15H22N4. The number of aromatic nitrogens is 3. The second kappa shape index (κ2) is 5.97. The Bertz CT molecular complexity index is 543. The van der Waals surface area contributed by atoms with Gasteiger partial charge in [-0.15, -0.1) is 0 Å². The highest BCUT2D eigenvalue weighted by molar-refractivity contribution is 5.41. The maximum absolute atomic E-state index is 5.93. The van der Waals surface area contributed by atoms with Crippen molar-refractivity contribution in [2.24, 2.45) is 5.73 Å². The zero-order chi connectivity index (χ0) is 13.8. The van der Waals surface area contributed by atoms with Gasteiger partial charge in [0.15, 0.2) is 5.82 Å². The van der Waals surface area contributed by atoms with Crippen LogP contribution < -0.4 is 5.73 Å². The lowest BCUT2D eigenvalue weighted by Gasteiger charge is -2.12. The second-order valence-corrected chi connectivity index (χ2v) is 4.87. The average Bonchev–Trinajstić information content (AvgIpc) is 2.82. The zero-order valence-electron chi connectivity index (χ0n) is 11.9. The van der Waals surface area contributed by atoms with Gasteiger partial charge in [0.1, 0.15) is 5.82 Å². The molecular weight excluding hydrogens is 236 g/mol. The average molecular weight is 258 g/mol. The van der Waals surface area contributed by atoms with Crippen molar-refractivity contribution in [3.05, 3.63) is 41.5 Å². The zero-order valence-corrected chi connectivity index (χ0v) is 11.9. The van der Waals surface area contributed by atoms with E-state index < -0.39 is 0 Å². The van der Waals surface area contributed by atoms with Crippen LogP contribution in [0, 0.1) is 0 Å². The first-order valence-corrected chi connectivity index (χ1v) is 6.94. The first-order chi connectivity index (χ1) is 9.15. The predicted octanol–water partition coefficient (Wildman–Crippen LogP) is 2.28. The Labute approximate surface area is 114 Å². The molecule has 102 valence electrons. The lowest BCUT2D eigenvalue weighted by Crippen LogP contribution is -2.19. The molecule has 0 aliphatic carbocycles. The Hall–Kier alpha value is -1.68. The van der Waals surface area contributed by atoms with Crippen LogP contribution in [0.1, 0.15) is 38.0 Å². The molecule has 1 unspecified atom stereocenters. The van der Waals surface area contributed by atoms with E-state index in [9.17, 15) is 0 Å². The normalized spacial score (nSPS) is 12.6. The molecule has 0 aliphatic rings. The molecule has 1 atom stereocenters. The summed E-state index contributed by atoms with van der Waals surface area (Å²) in [6.07, 6.45) is 2.58. The largest absolute Gasteiger partial charge is 0.328 e. The lowest BCUT2D eigenvalue weighted by molar-refractivity contribution is 0.718. The molecule has 4 heteroatoms. The summed E-state index contributed by atoms with van der Waals surface area (Å²) in [6, 6.07) is 8.42. The van der Waals surface area contributed by atoms with E-state index in [1.165, 1.54) is 5.56 Å². The van der Waals surface area contributed by atoms with Crippen molar-refractivity contribution in [3.8, 4) is 5.69 Å². The molecule has 2 rings (SSSR count). The third-order valence-electron chi connectivity index (χ3n) is 3.11. The summed E-state index contributed by atoms with van der Waals surface area (Å²) in [5, 5.41) is 4.60. The highest BCUT2D eigenvalue weighted by Crippen LogP contribution is 2.17. The van der Waals surface area contributed by atoms with E-state index in [4.69, 9.17) is 5.73 Å². The molecule has 0 amide bonds. The van der Waals surface area contributed by atoms with Crippen LogP contribution in [0.2, 0.25) is 0 Å². The molecule has 0 bridgehead atoms. The number of hydrogen-bond donors (Lipinski definition) is 1. The minimum Gasteiger partial charge on any atom is -0.328 e. The summed E-state index contributed by atoms with van der Waals surface area (Å²) >= 11 is 0. The molecule has 1 aromatic carbocycles. The van der Waals surface area contributed by atoms with E-state index in [0.29, 0.717) is 0 Å². The van der Waals surface area contributed by atoms with Gasteiger partial charge in [0.25, 0.3) is 0 Å². The molecule has 19 heavy (non-hydrogen) atoms. The van der Waals surface area contributed by atoms with Gasteiger partial charge >= 0.3 is 0 Å². The molecule has 2 aromatic rings. The van der Waals surface area contributed by atoms with Crippen LogP contribution in [-0.4, -0.2) is 20.8 Å². The molecule has 2 N–H and O–H groups in total. The molecule has 0 spiro atoms. The van der Waals surface area contributed by atoms with Crippen molar-refractivity contribution in [3.63, 3.8) is 0 Å². The summed E-state index contributed by atoms with van der Waals surface area (Å²) in [5.74, 6) is 1.90. The van der Waals surface area contributed by atoms with E-state index in [1.807, 2.05) is 23.7 Å². The summed E-state index contributed by atoms with van der Waals surface area (Å²) in [5.41, 5.74) is 8.25. The fourth-order valence-electron chi connectivity index (χ4n) is 2.20. The number of hydrogen-bond acceptors (Lipinski definition) is 3. The minimum absolute atomic E-state index is 0.139. The minimum atomic E-state index is 0.139. The van der Waals surface area contributed by atoms with Crippen LogP contribution in [0.4, 0.5) is 0 Å². The van der Waals surface area contributed by atoms with E-state index in [0.717, 1.165) is 36.6 Å². The Morgan fingerprint density at radius 2 is 1.95 bits per heavy atom. The van der Waals surface area contributed by atoms with Gasteiger partial charge < -0.3 is 5.73 Å². The fraction of sp³-hybridized carbons (Fsp3) is 0.467. The molecule has 0 saturated carbocycles. The maximum Gasteiger partial charge on any atom is 0.151 e. The third-order valence-corrected chi connectivity index (χ3v) is 3.11. The third kappa shape index (κ3) is 3.01. The number of nitrogens with two attached hydrogens (primary N) is 1. The monoisotopic (exact) mass is 258 g/mol. The molecule has 1 aromatic heterocycles. The van der Waals surface area contributed by atoms with Crippen LogP contribution >= 0.6 is 0 Å². The van der Waals surface area contributed by atoms with Crippen molar-refractivity contribution in [1.29, 1.82) is 0 Å².